The third kappa shape index (κ3) is 2.55. The minimum atomic E-state index is -0.194. The van der Waals surface area contributed by atoms with Crippen molar-refractivity contribution in [2.75, 3.05) is 25.0 Å². The number of halogens is 2. The van der Waals surface area contributed by atoms with Crippen molar-refractivity contribution in [1.82, 2.24) is 5.32 Å². The number of nitrogens with zero attached hydrogens (tertiary/aromatic N) is 1. The molecule has 0 radical (unpaired) electrons. The van der Waals surface area contributed by atoms with E-state index in [4.69, 9.17) is 0 Å². The molecule has 1 aliphatic heterocycles. The second kappa shape index (κ2) is 5.15. The highest BCUT2D eigenvalue weighted by molar-refractivity contribution is 9.10. The Hall–Kier alpha value is -0.610. The highest BCUT2D eigenvalue weighted by Crippen LogP contribution is 2.29. The molecule has 0 aliphatic carbocycles. The van der Waals surface area contributed by atoms with Crippen LogP contribution in [0, 0.1) is 5.82 Å². The average Bonchev–Trinajstić information content (AvgIpc) is 2.29. The van der Waals surface area contributed by atoms with E-state index < -0.39 is 0 Å². The Balaban J connectivity index is 2.08. The first-order valence-electron chi connectivity index (χ1n) is 5.58. The smallest absolute Gasteiger partial charge is 0.124 e. The van der Waals surface area contributed by atoms with Crippen LogP contribution >= 0.6 is 15.9 Å². The Kier molecular flexibility index (Phi) is 3.82. The van der Waals surface area contributed by atoms with Crippen molar-refractivity contribution in [2.45, 2.75) is 18.9 Å². The largest absolute Gasteiger partial charge is 0.371 e. The van der Waals surface area contributed by atoms with Crippen LogP contribution in [0.1, 0.15) is 12.8 Å². The van der Waals surface area contributed by atoms with Crippen LogP contribution in [0.2, 0.25) is 0 Å². The predicted molar refractivity (Wildman–Crippen MR) is 68.4 cm³/mol. The van der Waals surface area contributed by atoms with Gasteiger partial charge < -0.3 is 10.2 Å². The van der Waals surface area contributed by atoms with Crippen LogP contribution in [-0.2, 0) is 0 Å². The molecule has 0 unspecified atom stereocenters. The summed E-state index contributed by atoms with van der Waals surface area (Å²) in [5.74, 6) is -0.194. The van der Waals surface area contributed by atoms with Gasteiger partial charge in [-0.05, 0) is 54.0 Å². The van der Waals surface area contributed by atoms with Crippen LogP contribution in [0.4, 0.5) is 10.1 Å². The number of benzene rings is 1. The summed E-state index contributed by atoms with van der Waals surface area (Å²) >= 11 is 3.42. The standard InChI is InChI=1S/C12H16BrFN2/c1-15-10-4-6-16(7-5-10)12-3-2-9(14)8-11(12)13/h2-3,8,10,15H,4-7H2,1H3. The summed E-state index contributed by atoms with van der Waals surface area (Å²) < 4.78 is 13.8. The third-order valence-electron chi connectivity index (χ3n) is 3.15. The van der Waals surface area contributed by atoms with Gasteiger partial charge in [0.25, 0.3) is 0 Å². The molecule has 2 nitrogen and oxygen atoms in total. The summed E-state index contributed by atoms with van der Waals surface area (Å²) in [6.45, 7) is 2.05. The first kappa shape index (κ1) is 11.9. The fourth-order valence-corrected chi connectivity index (χ4v) is 2.75. The molecule has 0 atom stereocenters. The molecule has 0 bridgehead atoms. The van der Waals surface area contributed by atoms with E-state index in [1.807, 2.05) is 13.1 Å². The molecule has 1 heterocycles. The number of hydrogen-bond acceptors (Lipinski definition) is 2. The van der Waals surface area contributed by atoms with Gasteiger partial charge >= 0.3 is 0 Å². The van der Waals surface area contributed by atoms with Crippen molar-refractivity contribution in [3.05, 3.63) is 28.5 Å². The van der Waals surface area contributed by atoms with E-state index in [1.54, 1.807) is 0 Å². The second-order valence-electron chi connectivity index (χ2n) is 4.15. The summed E-state index contributed by atoms with van der Waals surface area (Å²) in [7, 11) is 2.01. The van der Waals surface area contributed by atoms with Crippen molar-refractivity contribution in [3.8, 4) is 0 Å². The van der Waals surface area contributed by atoms with Crippen molar-refractivity contribution < 1.29 is 4.39 Å². The molecule has 1 fully saturated rings. The zero-order valence-electron chi connectivity index (χ0n) is 9.34. The summed E-state index contributed by atoms with van der Waals surface area (Å²) in [5, 5.41) is 3.30. The van der Waals surface area contributed by atoms with Crippen LogP contribution < -0.4 is 10.2 Å². The summed E-state index contributed by atoms with van der Waals surface area (Å²) in [4.78, 5) is 2.30. The highest BCUT2D eigenvalue weighted by atomic mass is 79.9. The molecule has 0 spiro atoms. The van der Waals surface area contributed by atoms with Gasteiger partial charge in [0.2, 0.25) is 0 Å². The minimum absolute atomic E-state index is 0.194. The SMILES string of the molecule is CNC1CCN(c2ccc(F)cc2Br)CC1. The molecule has 1 aliphatic rings. The fourth-order valence-electron chi connectivity index (χ4n) is 2.15. The lowest BCUT2D eigenvalue weighted by atomic mass is 10.0. The van der Waals surface area contributed by atoms with E-state index in [9.17, 15) is 4.39 Å². The number of anilines is 1. The lowest BCUT2D eigenvalue weighted by molar-refractivity contribution is 0.442. The molecule has 1 aromatic rings. The van der Waals surface area contributed by atoms with Gasteiger partial charge in [-0.25, -0.2) is 4.39 Å². The normalized spacial score (nSPS) is 17.8. The molecule has 1 saturated heterocycles. The fraction of sp³-hybridized carbons (Fsp3) is 0.500. The van der Waals surface area contributed by atoms with Crippen molar-refractivity contribution in [2.24, 2.45) is 0 Å². The minimum Gasteiger partial charge on any atom is -0.371 e. The predicted octanol–water partition coefficient (Wildman–Crippen LogP) is 2.78. The Labute approximate surface area is 104 Å². The molecule has 2 rings (SSSR count). The Morgan fingerprint density at radius 3 is 2.62 bits per heavy atom. The van der Waals surface area contributed by atoms with Gasteiger partial charge in [0, 0.05) is 23.6 Å². The third-order valence-corrected chi connectivity index (χ3v) is 3.79. The zero-order valence-corrected chi connectivity index (χ0v) is 10.9. The van der Waals surface area contributed by atoms with Crippen LogP contribution in [-0.4, -0.2) is 26.2 Å². The van der Waals surface area contributed by atoms with Crippen LogP contribution in [0.25, 0.3) is 0 Å². The van der Waals surface area contributed by atoms with E-state index in [0.717, 1.165) is 36.1 Å². The molecule has 0 aromatic heterocycles. The molecule has 16 heavy (non-hydrogen) atoms. The maximum atomic E-state index is 13.0. The van der Waals surface area contributed by atoms with E-state index in [0.29, 0.717) is 6.04 Å². The van der Waals surface area contributed by atoms with E-state index in [2.05, 4.69) is 26.1 Å². The quantitative estimate of drug-likeness (QED) is 0.899. The highest BCUT2D eigenvalue weighted by Gasteiger charge is 2.19. The first-order valence-corrected chi connectivity index (χ1v) is 6.37. The number of rotatable bonds is 2. The van der Waals surface area contributed by atoms with Gasteiger partial charge in [-0.1, -0.05) is 0 Å². The molecule has 1 aromatic carbocycles. The number of piperidine rings is 1. The summed E-state index contributed by atoms with van der Waals surface area (Å²) in [6.07, 6.45) is 2.28. The summed E-state index contributed by atoms with van der Waals surface area (Å²) in [5.41, 5.74) is 1.09. The van der Waals surface area contributed by atoms with Crippen molar-refractivity contribution >= 4 is 21.6 Å². The molecule has 88 valence electrons. The molecule has 1 N–H and O–H groups in total. The van der Waals surface area contributed by atoms with Gasteiger partial charge in [0.15, 0.2) is 0 Å². The maximum Gasteiger partial charge on any atom is 0.124 e. The van der Waals surface area contributed by atoms with E-state index in [1.165, 1.54) is 12.1 Å². The first-order chi connectivity index (χ1) is 7.70. The molecular formula is C12H16BrFN2. The molecule has 0 amide bonds. The second-order valence-corrected chi connectivity index (χ2v) is 5.00. The average molecular weight is 287 g/mol. The van der Waals surface area contributed by atoms with Crippen molar-refractivity contribution in [3.63, 3.8) is 0 Å². The Morgan fingerprint density at radius 1 is 1.38 bits per heavy atom. The van der Waals surface area contributed by atoms with Gasteiger partial charge in [0.1, 0.15) is 5.82 Å². The number of hydrogen-bond donors (Lipinski definition) is 1. The molecular weight excluding hydrogens is 271 g/mol. The molecule has 0 saturated carbocycles. The lowest BCUT2D eigenvalue weighted by Crippen LogP contribution is -2.41. The Morgan fingerprint density at radius 2 is 2.06 bits per heavy atom. The van der Waals surface area contributed by atoms with Crippen LogP contribution in [0.5, 0.6) is 0 Å². The maximum absolute atomic E-state index is 13.0. The van der Waals surface area contributed by atoms with Gasteiger partial charge in [-0.15, -0.1) is 0 Å². The zero-order chi connectivity index (χ0) is 11.5. The monoisotopic (exact) mass is 286 g/mol. The van der Waals surface area contributed by atoms with Crippen LogP contribution in [0.3, 0.4) is 0 Å². The van der Waals surface area contributed by atoms with Gasteiger partial charge in [0.05, 0.1) is 5.69 Å². The topological polar surface area (TPSA) is 15.3 Å². The van der Waals surface area contributed by atoms with E-state index >= 15 is 0 Å². The summed E-state index contributed by atoms with van der Waals surface area (Å²) in [6, 6.07) is 5.51. The molecule has 4 heteroatoms. The Bertz CT molecular complexity index is 362. The van der Waals surface area contributed by atoms with Crippen LogP contribution in [0.15, 0.2) is 22.7 Å². The lowest BCUT2D eigenvalue weighted by Gasteiger charge is -2.34. The van der Waals surface area contributed by atoms with Crippen molar-refractivity contribution in [1.29, 1.82) is 0 Å². The van der Waals surface area contributed by atoms with Gasteiger partial charge in [-0.2, -0.15) is 0 Å². The van der Waals surface area contributed by atoms with E-state index in [-0.39, 0.29) is 5.82 Å². The van der Waals surface area contributed by atoms with Gasteiger partial charge in [-0.3, -0.25) is 0 Å². The number of nitrogens with one attached hydrogen (secondary N) is 1.